The Morgan fingerprint density at radius 3 is 2.78 bits per heavy atom. The Morgan fingerprint density at radius 1 is 1.15 bits per heavy atom. The molecule has 1 fully saturated rings. The predicted molar refractivity (Wildman–Crippen MR) is 206 cm³/mol. The highest BCUT2D eigenvalue weighted by molar-refractivity contribution is 5.84. The number of phenols is 2. The molecular weight excluding hydrogens is 682 g/mol. The van der Waals surface area contributed by atoms with E-state index in [0.29, 0.717) is 43.4 Å². The number of carbonyl (C=O) groups excluding carboxylic acids is 1. The molecule has 3 aliphatic heterocycles. The van der Waals surface area contributed by atoms with Gasteiger partial charge in [0.1, 0.15) is 36.6 Å². The van der Waals surface area contributed by atoms with E-state index >= 15 is 0 Å². The van der Waals surface area contributed by atoms with Gasteiger partial charge in [0.15, 0.2) is 11.5 Å². The summed E-state index contributed by atoms with van der Waals surface area (Å²) in [5, 5.41) is 28.7. The number of benzene rings is 3. The van der Waals surface area contributed by atoms with Gasteiger partial charge in [-0.3, -0.25) is 4.79 Å². The summed E-state index contributed by atoms with van der Waals surface area (Å²) in [4.78, 5) is 12.3. The smallest absolute Gasteiger partial charge is 0.302 e. The lowest BCUT2D eigenvalue weighted by Crippen LogP contribution is -2.41. The van der Waals surface area contributed by atoms with Crippen LogP contribution in [0.2, 0.25) is 0 Å². The third-order valence-corrected chi connectivity index (χ3v) is 12.0. The number of carbonyl (C=O) groups is 1. The molecule has 1 unspecified atom stereocenters. The number of dihydropyridines is 1. The van der Waals surface area contributed by atoms with Crippen molar-refractivity contribution in [1.82, 2.24) is 10.6 Å². The third kappa shape index (κ3) is 6.23. The zero-order valence-electron chi connectivity index (χ0n) is 31.4. The fourth-order valence-electron chi connectivity index (χ4n) is 9.59. The van der Waals surface area contributed by atoms with E-state index in [1.807, 2.05) is 19.2 Å². The molecule has 10 nitrogen and oxygen atoms in total. The third-order valence-electron chi connectivity index (χ3n) is 12.0. The first-order chi connectivity index (χ1) is 26.1. The molecule has 10 heteroatoms. The molecule has 3 heterocycles. The second-order valence-electron chi connectivity index (χ2n) is 15.4. The van der Waals surface area contributed by atoms with Crippen molar-refractivity contribution in [2.75, 3.05) is 33.9 Å². The topological polar surface area (TPSA) is 145 Å². The van der Waals surface area contributed by atoms with E-state index in [4.69, 9.17) is 24.7 Å². The molecule has 0 saturated heterocycles. The molecule has 282 valence electrons. The fraction of sp³-hybridized carbons (Fsp3) is 0.432. The molecule has 54 heavy (non-hydrogen) atoms. The number of esters is 1. The summed E-state index contributed by atoms with van der Waals surface area (Å²) in [7, 11) is 3.49. The summed E-state index contributed by atoms with van der Waals surface area (Å²) >= 11 is 0. The van der Waals surface area contributed by atoms with Crippen molar-refractivity contribution in [1.29, 1.82) is 0 Å². The molecule has 5 atom stereocenters. The molecule has 1 spiro atoms. The van der Waals surface area contributed by atoms with Crippen molar-refractivity contribution in [2.24, 2.45) is 11.7 Å². The van der Waals surface area contributed by atoms with Gasteiger partial charge in [0, 0.05) is 53.6 Å². The quantitative estimate of drug-likeness (QED) is 0.104. The van der Waals surface area contributed by atoms with Crippen molar-refractivity contribution >= 4 is 5.97 Å². The van der Waals surface area contributed by atoms with Crippen LogP contribution in [-0.4, -0.2) is 56.3 Å². The van der Waals surface area contributed by atoms with Gasteiger partial charge < -0.3 is 45.5 Å². The Labute approximate surface area is 316 Å². The molecule has 3 aromatic carbocycles. The monoisotopic (exact) mass is 731 g/mol. The van der Waals surface area contributed by atoms with Crippen molar-refractivity contribution in [2.45, 2.75) is 82.4 Å². The maximum absolute atomic E-state index is 12.3. The van der Waals surface area contributed by atoms with Gasteiger partial charge >= 0.3 is 5.97 Å². The molecule has 8 rings (SSSR count). The lowest BCUT2D eigenvalue weighted by Gasteiger charge is -2.39. The van der Waals surface area contributed by atoms with Crippen LogP contribution in [0.25, 0.3) is 11.1 Å². The Bertz CT molecular complexity index is 2150. The van der Waals surface area contributed by atoms with Crippen molar-refractivity contribution in [3.05, 3.63) is 87.1 Å². The number of methoxy groups -OCH3 is 1. The average molecular weight is 732 g/mol. The van der Waals surface area contributed by atoms with Crippen LogP contribution in [0.5, 0.6) is 28.7 Å². The SMILES string of the molecule is CCC1=CC2=C(C#CCc3cc(O)c(OCCNC)cc3[C@H]3Oc4c(ccc5c4[C@@]4(CC[C@H](C2)C4)Cc2cc(O)cc(OC)c2-5)[C@@H]3COC(C)=O)NC1N. The minimum Gasteiger partial charge on any atom is -0.508 e. The standard InChI is InChI=1S/C44H49N3O7/c1-5-26-16-28-15-25-11-12-44(21-25)22-29-17-30(49)19-38(51-4)39(29)32-10-9-31-34(23-53-24(2)48)41(54-42(31)40(32)44)33-20-37(52-14-13-46-3)36(50)18-27(33)7-6-8-35(28)47-43(26)45/h9-10,16-20,25,34,41,43,46-47,49-50H,5,7,11-15,21-23,45H2,1-4H3/t25-,34+,41-,43?,44-/m1/s1. The van der Waals surface area contributed by atoms with Gasteiger partial charge in [0.25, 0.3) is 0 Å². The number of ether oxygens (including phenoxy) is 4. The molecule has 2 aliphatic carbocycles. The Morgan fingerprint density at radius 2 is 2.00 bits per heavy atom. The number of nitrogens with one attached hydrogen (secondary N) is 2. The van der Waals surface area contributed by atoms with E-state index in [2.05, 4.69) is 47.6 Å². The van der Waals surface area contributed by atoms with Crippen LogP contribution >= 0.6 is 0 Å². The maximum atomic E-state index is 12.3. The van der Waals surface area contributed by atoms with Crippen molar-refractivity contribution in [3.63, 3.8) is 0 Å². The Hall–Kier alpha value is -5.11. The molecule has 0 aromatic heterocycles. The van der Waals surface area contributed by atoms with E-state index in [0.717, 1.165) is 88.1 Å². The first-order valence-corrected chi connectivity index (χ1v) is 19.1. The predicted octanol–water partition coefficient (Wildman–Crippen LogP) is 6.17. The highest BCUT2D eigenvalue weighted by Crippen LogP contribution is 2.62. The van der Waals surface area contributed by atoms with Crippen molar-refractivity contribution < 1.29 is 34.0 Å². The van der Waals surface area contributed by atoms with E-state index in [1.54, 1.807) is 19.2 Å². The second kappa shape index (κ2) is 14.3. The molecule has 1 saturated carbocycles. The van der Waals surface area contributed by atoms with Crippen LogP contribution in [0.15, 0.2) is 59.3 Å². The number of nitrogens with two attached hydrogens (primary N) is 1. The van der Waals surface area contributed by atoms with Crippen LogP contribution in [0.3, 0.4) is 0 Å². The van der Waals surface area contributed by atoms with Gasteiger partial charge in [0.2, 0.25) is 0 Å². The van der Waals surface area contributed by atoms with Crippen LogP contribution in [-0.2, 0) is 27.8 Å². The number of hydrogen-bond acceptors (Lipinski definition) is 10. The molecule has 5 aliphatic rings. The highest BCUT2D eigenvalue weighted by atomic mass is 16.5. The fourth-order valence-corrected chi connectivity index (χ4v) is 9.59. The lowest BCUT2D eigenvalue weighted by atomic mass is 9.65. The summed E-state index contributed by atoms with van der Waals surface area (Å²) in [6.07, 6.45) is 6.95. The zero-order valence-corrected chi connectivity index (χ0v) is 31.4. The molecular formula is C44H49N3O7. The minimum absolute atomic E-state index is 0.0189. The normalized spacial score (nSPS) is 24.6. The van der Waals surface area contributed by atoms with Gasteiger partial charge in [-0.05, 0) is 103 Å². The Kier molecular flexibility index (Phi) is 9.49. The molecule has 6 N–H and O–H groups in total. The van der Waals surface area contributed by atoms with E-state index in [1.165, 1.54) is 12.5 Å². The largest absolute Gasteiger partial charge is 0.508 e. The van der Waals surface area contributed by atoms with Crippen molar-refractivity contribution in [3.8, 4) is 51.7 Å². The summed E-state index contributed by atoms with van der Waals surface area (Å²) in [6, 6.07) is 11.4. The number of phenolic OH excluding ortho intramolecular Hbond substituents is 2. The van der Waals surface area contributed by atoms with Gasteiger partial charge in [0.05, 0.1) is 24.9 Å². The number of allylic oxidation sites excluding steroid dienone is 3. The van der Waals surface area contributed by atoms with Gasteiger partial charge in [-0.2, -0.15) is 0 Å². The lowest BCUT2D eigenvalue weighted by molar-refractivity contribution is -0.141. The number of likely N-dealkylation sites (N-methyl/N-ethyl adjacent to an activating group) is 1. The van der Waals surface area contributed by atoms with Crippen LogP contribution < -0.4 is 30.6 Å². The minimum atomic E-state index is -0.566. The molecule has 3 aromatic rings. The van der Waals surface area contributed by atoms with Crippen LogP contribution in [0, 0.1) is 17.8 Å². The van der Waals surface area contributed by atoms with Crippen LogP contribution in [0.1, 0.15) is 85.8 Å². The zero-order chi connectivity index (χ0) is 37.7. The van der Waals surface area contributed by atoms with Gasteiger partial charge in [-0.25, -0.2) is 0 Å². The van der Waals surface area contributed by atoms with E-state index in [9.17, 15) is 15.0 Å². The summed E-state index contributed by atoms with van der Waals surface area (Å²) in [6.45, 7) is 4.62. The first kappa shape index (κ1) is 35.9. The maximum Gasteiger partial charge on any atom is 0.302 e. The molecule has 0 amide bonds. The summed E-state index contributed by atoms with van der Waals surface area (Å²) in [5.74, 6) is 8.47. The summed E-state index contributed by atoms with van der Waals surface area (Å²) in [5.41, 5.74) is 16.2. The Balaban J connectivity index is 1.37. The highest BCUT2D eigenvalue weighted by Gasteiger charge is 2.51. The number of rotatable bonds is 8. The van der Waals surface area contributed by atoms with E-state index in [-0.39, 0.29) is 41.6 Å². The average Bonchev–Trinajstić information content (AvgIpc) is 3.72. The van der Waals surface area contributed by atoms with Gasteiger partial charge in [-0.15, -0.1) is 0 Å². The number of aromatic hydroxyl groups is 2. The summed E-state index contributed by atoms with van der Waals surface area (Å²) < 4.78 is 25.0. The number of hydrogen-bond donors (Lipinski definition) is 5. The van der Waals surface area contributed by atoms with Crippen LogP contribution in [0.4, 0.5) is 0 Å². The molecule has 0 radical (unpaired) electrons. The van der Waals surface area contributed by atoms with Gasteiger partial charge in [-0.1, -0.05) is 31.1 Å². The second-order valence-corrected chi connectivity index (χ2v) is 15.4. The first-order valence-electron chi connectivity index (χ1n) is 19.1. The molecule has 4 bridgehead atoms. The van der Waals surface area contributed by atoms with E-state index < -0.39 is 6.10 Å². The number of fused-ring (bicyclic) bond motifs is 6.